The van der Waals surface area contributed by atoms with Gasteiger partial charge in [-0.15, -0.1) is 6.58 Å². The monoisotopic (exact) mass is 373 g/mol. The molecular formula is C20H23NO6. The number of carbonyl (C=O) groups excluding carboxylic acids is 4. The van der Waals surface area contributed by atoms with E-state index in [4.69, 9.17) is 9.47 Å². The highest BCUT2D eigenvalue weighted by molar-refractivity contribution is 6.23. The number of allylic oxidation sites excluding steroid dienone is 1. The Morgan fingerprint density at radius 3 is 2.56 bits per heavy atom. The maximum atomic E-state index is 12.8. The summed E-state index contributed by atoms with van der Waals surface area (Å²) in [6.45, 7) is 8.37. The molecule has 2 rings (SSSR count). The molecule has 0 aromatic heterocycles. The van der Waals surface area contributed by atoms with E-state index in [1.165, 1.54) is 12.1 Å². The molecule has 1 unspecified atom stereocenters. The van der Waals surface area contributed by atoms with Crippen molar-refractivity contribution in [2.45, 2.75) is 45.3 Å². The number of fused-ring (bicyclic) bond motifs is 1. The lowest BCUT2D eigenvalue weighted by Crippen LogP contribution is -2.40. The van der Waals surface area contributed by atoms with Crippen LogP contribution in [0.2, 0.25) is 0 Å². The third kappa shape index (κ3) is 4.61. The molecule has 0 aliphatic carbocycles. The fourth-order valence-corrected chi connectivity index (χ4v) is 2.75. The van der Waals surface area contributed by atoms with Crippen LogP contribution in [0.5, 0.6) is 5.75 Å². The van der Waals surface area contributed by atoms with Crippen LogP contribution in [0.25, 0.3) is 0 Å². The Balaban J connectivity index is 2.23. The molecule has 0 N–H and O–H groups in total. The van der Waals surface area contributed by atoms with Crippen LogP contribution in [0, 0.1) is 0 Å². The van der Waals surface area contributed by atoms with Gasteiger partial charge < -0.3 is 14.3 Å². The summed E-state index contributed by atoms with van der Waals surface area (Å²) in [4.78, 5) is 49.6. The summed E-state index contributed by atoms with van der Waals surface area (Å²) in [6, 6.07) is 3.66. The highest BCUT2D eigenvalue weighted by Gasteiger charge is 2.41. The standard InChI is InChI=1S/C20H23NO6/c1-5-6-8-13(11-22)21-18(24)14-9-7-10-15(17(14)19(21)25)26-12-16(23)27-20(2,3)4/h5,7,9-11,13H,1,6,8,12H2,2-4H3. The second-order valence-corrected chi connectivity index (χ2v) is 7.10. The van der Waals surface area contributed by atoms with Gasteiger partial charge in [0.15, 0.2) is 6.61 Å². The fraction of sp³-hybridized carbons (Fsp3) is 0.400. The van der Waals surface area contributed by atoms with Crippen molar-refractivity contribution in [2.75, 3.05) is 6.61 Å². The Bertz CT molecular complexity index is 777. The number of nitrogens with zero attached hydrogens (tertiary/aromatic N) is 1. The maximum Gasteiger partial charge on any atom is 0.344 e. The topological polar surface area (TPSA) is 90.0 Å². The molecule has 144 valence electrons. The summed E-state index contributed by atoms with van der Waals surface area (Å²) >= 11 is 0. The van der Waals surface area contributed by atoms with Crippen molar-refractivity contribution in [1.82, 2.24) is 4.90 Å². The van der Waals surface area contributed by atoms with Gasteiger partial charge in [0.05, 0.1) is 17.2 Å². The molecule has 7 heteroatoms. The second-order valence-electron chi connectivity index (χ2n) is 7.10. The Kier molecular flexibility index (Phi) is 6.15. The van der Waals surface area contributed by atoms with Gasteiger partial charge in [-0.2, -0.15) is 0 Å². The van der Waals surface area contributed by atoms with E-state index in [0.29, 0.717) is 19.1 Å². The Morgan fingerprint density at radius 1 is 1.26 bits per heavy atom. The molecule has 1 aromatic rings. The van der Waals surface area contributed by atoms with Crippen LogP contribution in [0.1, 0.15) is 54.3 Å². The van der Waals surface area contributed by atoms with E-state index >= 15 is 0 Å². The van der Waals surface area contributed by atoms with E-state index in [-0.39, 0.29) is 16.9 Å². The molecule has 1 aromatic carbocycles. The molecule has 1 aliphatic heterocycles. The zero-order chi connectivity index (χ0) is 20.2. The lowest BCUT2D eigenvalue weighted by atomic mass is 10.1. The van der Waals surface area contributed by atoms with Crippen LogP contribution in [-0.2, 0) is 14.3 Å². The van der Waals surface area contributed by atoms with Gasteiger partial charge in [0, 0.05) is 0 Å². The molecule has 1 heterocycles. The number of benzene rings is 1. The van der Waals surface area contributed by atoms with Crippen molar-refractivity contribution in [3.8, 4) is 5.75 Å². The van der Waals surface area contributed by atoms with E-state index in [1.54, 1.807) is 32.9 Å². The number of aldehydes is 1. The van der Waals surface area contributed by atoms with Gasteiger partial charge in [-0.3, -0.25) is 14.5 Å². The van der Waals surface area contributed by atoms with Crippen LogP contribution in [0.3, 0.4) is 0 Å². The Morgan fingerprint density at radius 2 is 1.96 bits per heavy atom. The molecule has 0 fully saturated rings. The highest BCUT2D eigenvalue weighted by atomic mass is 16.6. The van der Waals surface area contributed by atoms with Gasteiger partial charge in [-0.25, -0.2) is 4.79 Å². The number of amides is 2. The number of rotatable bonds is 8. The van der Waals surface area contributed by atoms with E-state index in [1.807, 2.05) is 0 Å². The number of esters is 1. The molecule has 7 nitrogen and oxygen atoms in total. The first kappa shape index (κ1) is 20.4. The minimum absolute atomic E-state index is 0.0523. The highest BCUT2D eigenvalue weighted by Crippen LogP contribution is 2.32. The Hall–Kier alpha value is -2.96. The van der Waals surface area contributed by atoms with Crippen LogP contribution < -0.4 is 4.74 Å². The summed E-state index contributed by atoms with van der Waals surface area (Å²) in [5.41, 5.74) is -0.465. The first-order valence-corrected chi connectivity index (χ1v) is 8.61. The van der Waals surface area contributed by atoms with Crippen molar-refractivity contribution in [2.24, 2.45) is 0 Å². The molecule has 0 bridgehead atoms. The normalized spacial score (nSPS) is 14.6. The molecular weight excluding hydrogens is 350 g/mol. The molecule has 0 radical (unpaired) electrons. The first-order chi connectivity index (χ1) is 12.7. The van der Waals surface area contributed by atoms with E-state index < -0.39 is 36.0 Å². The zero-order valence-corrected chi connectivity index (χ0v) is 15.7. The molecule has 0 saturated heterocycles. The van der Waals surface area contributed by atoms with Crippen LogP contribution in [0.15, 0.2) is 30.9 Å². The zero-order valence-electron chi connectivity index (χ0n) is 15.7. The summed E-state index contributed by atoms with van der Waals surface area (Å²) in [5.74, 6) is -1.66. The average molecular weight is 373 g/mol. The molecule has 0 spiro atoms. The summed E-state index contributed by atoms with van der Waals surface area (Å²) in [6.07, 6.45) is 2.97. The molecule has 0 saturated carbocycles. The molecule has 1 aliphatic rings. The number of carbonyl (C=O) groups is 4. The smallest absolute Gasteiger partial charge is 0.344 e. The maximum absolute atomic E-state index is 12.8. The summed E-state index contributed by atoms with van der Waals surface area (Å²) < 4.78 is 10.6. The van der Waals surface area contributed by atoms with Gasteiger partial charge >= 0.3 is 5.97 Å². The fourth-order valence-electron chi connectivity index (χ4n) is 2.75. The minimum Gasteiger partial charge on any atom is -0.481 e. The lowest BCUT2D eigenvalue weighted by Gasteiger charge is -2.21. The average Bonchev–Trinajstić information content (AvgIpc) is 2.85. The molecule has 2 amide bonds. The van der Waals surface area contributed by atoms with Crippen LogP contribution in [-0.4, -0.2) is 47.2 Å². The predicted octanol–water partition coefficient (Wildman–Crippen LogP) is 2.54. The van der Waals surface area contributed by atoms with Crippen molar-refractivity contribution in [3.05, 3.63) is 42.0 Å². The number of ether oxygens (including phenoxy) is 2. The van der Waals surface area contributed by atoms with E-state index in [0.717, 1.165) is 4.90 Å². The van der Waals surface area contributed by atoms with Crippen molar-refractivity contribution >= 4 is 24.1 Å². The van der Waals surface area contributed by atoms with Gasteiger partial charge in [0.25, 0.3) is 11.8 Å². The third-order valence-electron chi connectivity index (χ3n) is 3.83. The van der Waals surface area contributed by atoms with Gasteiger partial charge in [0.1, 0.15) is 17.6 Å². The van der Waals surface area contributed by atoms with Crippen molar-refractivity contribution in [3.63, 3.8) is 0 Å². The second kappa shape index (κ2) is 8.16. The van der Waals surface area contributed by atoms with Crippen molar-refractivity contribution < 1.29 is 28.7 Å². The van der Waals surface area contributed by atoms with Crippen LogP contribution in [0.4, 0.5) is 0 Å². The lowest BCUT2D eigenvalue weighted by molar-refractivity contribution is -0.157. The van der Waals surface area contributed by atoms with Gasteiger partial charge in [-0.1, -0.05) is 12.1 Å². The van der Waals surface area contributed by atoms with E-state index in [9.17, 15) is 19.2 Å². The predicted molar refractivity (Wildman–Crippen MR) is 97.6 cm³/mol. The quantitative estimate of drug-likeness (QED) is 0.301. The molecule has 27 heavy (non-hydrogen) atoms. The summed E-state index contributed by atoms with van der Waals surface area (Å²) in [5, 5.41) is 0. The number of imide groups is 1. The number of hydrogen-bond donors (Lipinski definition) is 0. The van der Waals surface area contributed by atoms with E-state index in [2.05, 4.69) is 6.58 Å². The SMILES string of the molecule is C=CCCC(C=O)N1C(=O)c2cccc(OCC(=O)OC(C)(C)C)c2C1=O. The van der Waals surface area contributed by atoms with Crippen molar-refractivity contribution in [1.29, 1.82) is 0 Å². The largest absolute Gasteiger partial charge is 0.481 e. The third-order valence-corrected chi connectivity index (χ3v) is 3.83. The minimum atomic E-state index is -0.880. The van der Waals surface area contributed by atoms with Crippen LogP contribution >= 0.6 is 0 Å². The van der Waals surface area contributed by atoms with Gasteiger partial charge in [-0.05, 0) is 45.7 Å². The number of hydrogen-bond acceptors (Lipinski definition) is 6. The first-order valence-electron chi connectivity index (χ1n) is 8.61. The molecule has 1 atom stereocenters. The summed E-state index contributed by atoms with van der Waals surface area (Å²) in [7, 11) is 0. The van der Waals surface area contributed by atoms with Gasteiger partial charge in [0.2, 0.25) is 0 Å². The Labute approximate surface area is 157 Å².